The molecule has 0 saturated carbocycles. The van der Waals surface area contributed by atoms with Crippen molar-refractivity contribution >= 4 is 19.7 Å². The molecule has 1 aromatic carbocycles. The first-order valence-corrected chi connectivity index (χ1v) is 6.73. The summed E-state index contributed by atoms with van der Waals surface area (Å²) in [5.41, 5.74) is 0.955. The van der Waals surface area contributed by atoms with Crippen molar-refractivity contribution in [1.82, 2.24) is 15.0 Å². The van der Waals surface area contributed by atoms with Crippen molar-refractivity contribution < 1.29 is 8.42 Å². The summed E-state index contributed by atoms with van der Waals surface area (Å²) in [6.07, 6.45) is 0. The second kappa shape index (κ2) is 3.88. The molecule has 0 radical (unpaired) electrons. The molecule has 16 heavy (non-hydrogen) atoms. The lowest BCUT2D eigenvalue weighted by Gasteiger charge is -1.96. The second-order valence-electron chi connectivity index (χ2n) is 3.15. The Balaban J connectivity index is 2.55. The van der Waals surface area contributed by atoms with Crippen LogP contribution in [0.4, 0.5) is 0 Å². The SMILES string of the molecule is Cc1nn(-c2ccccc2)nc1S(=O)(=O)Cl. The minimum absolute atomic E-state index is 0.210. The summed E-state index contributed by atoms with van der Waals surface area (Å²) in [4.78, 5) is 1.24. The molecule has 1 heterocycles. The highest BCUT2D eigenvalue weighted by Crippen LogP contribution is 2.16. The van der Waals surface area contributed by atoms with E-state index in [9.17, 15) is 8.42 Å². The molecule has 0 N–H and O–H groups in total. The monoisotopic (exact) mass is 257 g/mol. The average molecular weight is 258 g/mol. The Morgan fingerprint density at radius 1 is 1.19 bits per heavy atom. The quantitative estimate of drug-likeness (QED) is 0.765. The van der Waals surface area contributed by atoms with Crippen LogP contribution in [0.2, 0.25) is 0 Å². The summed E-state index contributed by atoms with van der Waals surface area (Å²) < 4.78 is 22.3. The molecule has 2 rings (SSSR count). The number of rotatable bonds is 2. The second-order valence-corrected chi connectivity index (χ2v) is 5.63. The Morgan fingerprint density at radius 3 is 2.31 bits per heavy atom. The Bertz CT molecular complexity index is 607. The lowest BCUT2D eigenvalue weighted by Crippen LogP contribution is -1.99. The van der Waals surface area contributed by atoms with E-state index in [4.69, 9.17) is 10.7 Å². The molecule has 5 nitrogen and oxygen atoms in total. The van der Waals surface area contributed by atoms with Gasteiger partial charge in [0, 0.05) is 10.7 Å². The fourth-order valence-electron chi connectivity index (χ4n) is 1.27. The molecule has 0 unspecified atom stereocenters. The summed E-state index contributed by atoms with van der Waals surface area (Å²) in [7, 11) is 1.38. The maximum Gasteiger partial charge on any atom is 0.282 e. The van der Waals surface area contributed by atoms with E-state index in [2.05, 4.69) is 10.2 Å². The molecule has 2 aromatic rings. The van der Waals surface area contributed by atoms with Gasteiger partial charge in [0.05, 0.1) is 5.69 Å². The molecule has 0 spiro atoms. The molecule has 84 valence electrons. The van der Waals surface area contributed by atoms with Crippen LogP contribution < -0.4 is 0 Å². The fraction of sp³-hybridized carbons (Fsp3) is 0.111. The number of para-hydroxylation sites is 1. The van der Waals surface area contributed by atoms with Gasteiger partial charge in [-0.25, -0.2) is 8.42 Å². The van der Waals surface area contributed by atoms with Crippen LogP contribution in [0.1, 0.15) is 5.69 Å². The molecule has 0 saturated heterocycles. The molecular weight excluding hydrogens is 250 g/mol. The van der Waals surface area contributed by atoms with Crippen LogP contribution in [0.15, 0.2) is 35.4 Å². The van der Waals surface area contributed by atoms with E-state index in [1.165, 1.54) is 4.80 Å². The van der Waals surface area contributed by atoms with Crippen molar-refractivity contribution in [2.75, 3.05) is 0 Å². The Morgan fingerprint density at radius 2 is 1.81 bits per heavy atom. The van der Waals surface area contributed by atoms with E-state index in [0.29, 0.717) is 5.69 Å². The van der Waals surface area contributed by atoms with Gasteiger partial charge in [-0.3, -0.25) is 0 Å². The van der Waals surface area contributed by atoms with Crippen molar-refractivity contribution in [1.29, 1.82) is 0 Å². The van der Waals surface area contributed by atoms with Crippen molar-refractivity contribution in [3.63, 3.8) is 0 Å². The van der Waals surface area contributed by atoms with Crippen LogP contribution in [0.3, 0.4) is 0 Å². The van der Waals surface area contributed by atoms with Gasteiger partial charge in [0.2, 0.25) is 5.03 Å². The van der Waals surface area contributed by atoms with Gasteiger partial charge in [-0.2, -0.15) is 9.90 Å². The molecule has 0 amide bonds. The van der Waals surface area contributed by atoms with Gasteiger partial charge < -0.3 is 0 Å². The first-order chi connectivity index (χ1) is 7.48. The van der Waals surface area contributed by atoms with E-state index in [1.54, 1.807) is 19.1 Å². The average Bonchev–Trinajstić information content (AvgIpc) is 2.61. The zero-order chi connectivity index (χ0) is 11.8. The van der Waals surface area contributed by atoms with Crippen LogP contribution in [-0.4, -0.2) is 23.4 Å². The molecule has 0 aliphatic rings. The maximum atomic E-state index is 11.1. The first kappa shape index (κ1) is 11.1. The number of nitrogens with zero attached hydrogens (tertiary/aromatic N) is 3. The van der Waals surface area contributed by atoms with Crippen molar-refractivity contribution in [3.05, 3.63) is 36.0 Å². The van der Waals surface area contributed by atoms with E-state index in [-0.39, 0.29) is 10.7 Å². The van der Waals surface area contributed by atoms with E-state index >= 15 is 0 Å². The maximum absolute atomic E-state index is 11.1. The topological polar surface area (TPSA) is 64.8 Å². The summed E-state index contributed by atoms with van der Waals surface area (Å²) >= 11 is 0. The normalized spacial score (nSPS) is 11.6. The summed E-state index contributed by atoms with van der Waals surface area (Å²) in [6, 6.07) is 9.00. The highest BCUT2D eigenvalue weighted by Gasteiger charge is 2.20. The minimum atomic E-state index is -3.84. The molecule has 0 aliphatic carbocycles. The molecule has 0 bridgehead atoms. The molecule has 0 atom stereocenters. The van der Waals surface area contributed by atoms with Gasteiger partial charge in [0.25, 0.3) is 9.05 Å². The van der Waals surface area contributed by atoms with Gasteiger partial charge in [-0.05, 0) is 19.1 Å². The minimum Gasteiger partial charge on any atom is -0.205 e. The number of aromatic nitrogens is 3. The number of hydrogen-bond acceptors (Lipinski definition) is 4. The van der Waals surface area contributed by atoms with Crippen molar-refractivity contribution in [3.8, 4) is 5.69 Å². The van der Waals surface area contributed by atoms with Gasteiger partial charge in [0.1, 0.15) is 5.69 Å². The van der Waals surface area contributed by atoms with Gasteiger partial charge in [-0.1, -0.05) is 18.2 Å². The predicted molar refractivity (Wildman–Crippen MR) is 59.1 cm³/mol. The first-order valence-electron chi connectivity index (χ1n) is 4.42. The van der Waals surface area contributed by atoms with Crippen molar-refractivity contribution in [2.24, 2.45) is 0 Å². The predicted octanol–water partition coefficient (Wildman–Crippen LogP) is 1.50. The zero-order valence-electron chi connectivity index (χ0n) is 8.33. The summed E-state index contributed by atoms with van der Waals surface area (Å²) in [6.45, 7) is 1.54. The standard InChI is InChI=1S/C9H8ClN3O2S/c1-7-9(16(10,14)15)12-13(11-7)8-5-3-2-4-6-8/h2-6H,1H3. The van der Waals surface area contributed by atoms with Gasteiger partial charge >= 0.3 is 0 Å². The third kappa shape index (κ3) is 2.07. The molecule has 7 heteroatoms. The fourth-order valence-corrected chi connectivity index (χ4v) is 2.26. The lowest BCUT2D eigenvalue weighted by molar-refractivity contribution is 0.603. The van der Waals surface area contributed by atoms with Crippen LogP contribution in [0, 0.1) is 6.92 Å². The highest BCUT2D eigenvalue weighted by molar-refractivity contribution is 8.13. The Kier molecular flexibility index (Phi) is 2.69. The third-order valence-electron chi connectivity index (χ3n) is 1.96. The Labute approximate surface area is 97.1 Å². The number of aryl methyl sites for hydroxylation is 1. The summed E-state index contributed by atoms with van der Waals surface area (Å²) in [5, 5.41) is 7.62. The molecular formula is C9H8ClN3O2S. The number of benzene rings is 1. The highest BCUT2D eigenvalue weighted by atomic mass is 35.7. The molecule has 0 fully saturated rings. The molecule has 1 aromatic heterocycles. The molecule has 0 aliphatic heterocycles. The smallest absolute Gasteiger partial charge is 0.205 e. The number of halogens is 1. The van der Waals surface area contributed by atoms with E-state index in [1.807, 2.05) is 18.2 Å². The van der Waals surface area contributed by atoms with Crippen LogP contribution in [0.5, 0.6) is 0 Å². The largest absolute Gasteiger partial charge is 0.282 e. The van der Waals surface area contributed by atoms with Crippen LogP contribution in [-0.2, 0) is 9.05 Å². The third-order valence-corrected chi connectivity index (χ3v) is 3.24. The van der Waals surface area contributed by atoms with Gasteiger partial charge in [0.15, 0.2) is 0 Å². The van der Waals surface area contributed by atoms with Crippen LogP contribution >= 0.6 is 10.7 Å². The van der Waals surface area contributed by atoms with Crippen molar-refractivity contribution in [2.45, 2.75) is 11.9 Å². The van der Waals surface area contributed by atoms with Gasteiger partial charge in [-0.15, -0.1) is 5.10 Å². The van der Waals surface area contributed by atoms with E-state index < -0.39 is 9.05 Å². The lowest BCUT2D eigenvalue weighted by atomic mass is 10.3. The van der Waals surface area contributed by atoms with E-state index in [0.717, 1.165) is 0 Å². The summed E-state index contributed by atoms with van der Waals surface area (Å²) in [5.74, 6) is 0. The zero-order valence-corrected chi connectivity index (χ0v) is 9.90. The van der Waals surface area contributed by atoms with Crippen LogP contribution in [0.25, 0.3) is 5.69 Å². The number of hydrogen-bond donors (Lipinski definition) is 0. The Hall–Kier alpha value is -1.40.